The van der Waals surface area contributed by atoms with E-state index in [0.29, 0.717) is 30.2 Å². The average Bonchev–Trinajstić information content (AvgIpc) is 2.59. The van der Waals surface area contributed by atoms with E-state index in [4.69, 9.17) is 9.47 Å². The second-order valence-corrected chi connectivity index (χ2v) is 6.20. The first kappa shape index (κ1) is 18.9. The van der Waals surface area contributed by atoms with Crippen molar-refractivity contribution < 1.29 is 19.4 Å². The Kier molecular flexibility index (Phi) is 6.47. The number of hydrogen-bond acceptors (Lipinski definition) is 4. The third kappa shape index (κ3) is 4.54. The summed E-state index contributed by atoms with van der Waals surface area (Å²) in [7, 11) is 1.58. The van der Waals surface area contributed by atoms with Gasteiger partial charge in [-0.25, -0.2) is 4.79 Å². The normalized spacial score (nSPS) is 10.2. The number of carboxylic acid groups (broad SMARTS) is 1. The SMILES string of the molecule is C=CCOc1c(Br)cc(CNc2cccc(C(=O)O)c2C)cc1OC. The van der Waals surface area contributed by atoms with Crippen molar-refractivity contribution in [2.45, 2.75) is 13.5 Å². The minimum absolute atomic E-state index is 0.289. The summed E-state index contributed by atoms with van der Waals surface area (Å²) in [4.78, 5) is 11.2. The highest BCUT2D eigenvalue weighted by Crippen LogP contribution is 2.37. The number of anilines is 1. The zero-order valence-electron chi connectivity index (χ0n) is 14.1. The number of carboxylic acids is 1. The Hall–Kier alpha value is -2.47. The molecule has 0 spiro atoms. The molecule has 2 rings (SSSR count). The van der Waals surface area contributed by atoms with E-state index in [0.717, 1.165) is 15.7 Å². The van der Waals surface area contributed by atoms with Crippen molar-refractivity contribution >= 4 is 27.6 Å². The summed E-state index contributed by atoms with van der Waals surface area (Å²) >= 11 is 3.50. The molecular weight excluding hydrogens is 386 g/mol. The minimum atomic E-state index is -0.936. The molecule has 0 radical (unpaired) electrons. The van der Waals surface area contributed by atoms with Crippen molar-refractivity contribution in [3.05, 3.63) is 64.1 Å². The van der Waals surface area contributed by atoms with Crippen LogP contribution in [0.15, 0.2) is 47.5 Å². The highest BCUT2D eigenvalue weighted by Gasteiger charge is 2.13. The lowest BCUT2D eigenvalue weighted by Crippen LogP contribution is -2.06. The van der Waals surface area contributed by atoms with Crippen LogP contribution >= 0.6 is 15.9 Å². The van der Waals surface area contributed by atoms with E-state index in [1.165, 1.54) is 0 Å². The predicted molar refractivity (Wildman–Crippen MR) is 102 cm³/mol. The maximum Gasteiger partial charge on any atom is 0.336 e. The molecule has 5 nitrogen and oxygen atoms in total. The van der Waals surface area contributed by atoms with Crippen LogP contribution in [-0.4, -0.2) is 24.8 Å². The number of nitrogens with one attached hydrogen (secondary N) is 1. The van der Waals surface area contributed by atoms with Crippen LogP contribution in [0, 0.1) is 6.92 Å². The summed E-state index contributed by atoms with van der Waals surface area (Å²) in [6.07, 6.45) is 1.67. The largest absolute Gasteiger partial charge is 0.493 e. The molecule has 0 heterocycles. The summed E-state index contributed by atoms with van der Waals surface area (Å²) in [6, 6.07) is 8.99. The molecule has 0 saturated carbocycles. The monoisotopic (exact) mass is 405 g/mol. The third-order valence-corrected chi connectivity index (χ3v) is 4.27. The first-order valence-corrected chi connectivity index (χ1v) is 8.44. The molecule has 132 valence electrons. The number of rotatable bonds is 8. The minimum Gasteiger partial charge on any atom is -0.493 e. The van der Waals surface area contributed by atoms with Crippen LogP contribution in [-0.2, 0) is 6.54 Å². The zero-order chi connectivity index (χ0) is 18.4. The average molecular weight is 406 g/mol. The lowest BCUT2D eigenvalue weighted by Gasteiger charge is -2.15. The predicted octanol–water partition coefficient (Wildman–Crippen LogP) is 4.64. The Morgan fingerprint density at radius 1 is 1.40 bits per heavy atom. The fourth-order valence-corrected chi connectivity index (χ4v) is 3.02. The standard InChI is InChI=1S/C19H20BrNO4/c1-4-8-25-18-15(20)9-13(10-17(18)24-3)11-21-16-7-5-6-14(12(16)2)19(22)23/h4-7,9-10,21H,1,8,11H2,2-3H3,(H,22,23). The van der Waals surface area contributed by atoms with Gasteiger partial charge in [-0.05, 0) is 58.2 Å². The molecule has 0 aliphatic carbocycles. The van der Waals surface area contributed by atoms with Gasteiger partial charge >= 0.3 is 5.97 Å². The Labute approximate surface area is 155 Å². The van der Waals surface area contributed by atoms with Crippen molar-refractivity contribution in [2.24, 2.45) is 0 Å². The van der Waals surface area contributed by atoms with Crippen LogP contribution in [0.4, 0.5) is 5.69 Å². The lowest BCUT2D eigenvalue weighted by atomic mass is 10.1. The van der Waals surface area contributed by atoms with Crippen molar-refractivity contribution in [3.63, 3.8) is 0 Å². The number of benzene rings is 2. The molecule has 6 heteroatoms. The molecule has 0 atom stereocenters. The fourth-order valence-electron chi connectivity index (χ4n) is 2.41. The van der Waals surface area contributed by atoms with Gasteiger partial charge in [-0.3, -0.25) is 0 Å². The Balaban J connectivity index is 2.21. The second kappa shape index (κ2) is 8.58. The highest BCUT2D eigenvalue weighted by molar-refractivity contribution is 9.10. The van der Waals surface area contributed by atoms with E-state index in [1.54, 1.807) is 32.2 Å². The van der Waals surface area contributed by atoms with Crippen molar-refractivity contribution in [1.29, 1.82) is 0 Å². The first-order chi connectivity index (χ1) is 12.0. The Bertz CT molecular complexity index is 789. The van der Waals surface area contributed by atoms with Crippen LogP contribution in [0.5, 0.6) is 11.5 Å². The number of hydrogen-bond donors (Lipinski definition) is 2. The quantitative estimate of drug-likeness (QED) is 0.626. The lowest BCUT2D eigenvalue weighted by molar-refractivity contribution is 0.0696. The first-order valence-electron chi connectivity index (χ1n) is 7.64. The zero-order valence-corrected chi connectivity index (χ0v) is 15.7. The van der Waals surface area contributed by atoms with Crippen LogP contribution in [0.2, 0.25) is 0 Å². The Morgan fingerprint density at radius 2 is 2.16 bits per heavy atom. The van der Waals surface area contributed by atoms with Gasteiger partial charge in [0.25, 0.3) is 0 Å². The van der Waals surface area contributed by atoms with Gasteiger partial charge in [0.05, 0.1) is 17.1 Å². The summed E-state index contributed by atoms with van der Waals surface area (Å²) in [5.74, 6) is 0.300. The van der Waals surface area contributed by atoms with Crippen LogP contribution in [0.1, 0.15) is 21.5 Å². The summed E-state index contributed by atoms with van der Waals surface area (Å²) in [5.41, 5.74) is 2.74. The summed E-state index contributed by atoms with van der Waals surface area (Å²) in [6.45, 7) is 6.32. The van der Waals surface area contributed by atoms with Crippen LogP contribution in [0.25, 0.3) is 0 Å². The number of aromatic carboxylic acids is 1. The van der Waals surface area contributed by atoms with Gasteiger partial charge in [-0.1, -0.05) is 18.7 Å². The van der Waals surface area contributed by atoms with Gasteiger partial charge in [0, 0.05) is 12.2 Å². The van der Waals surface area contributed by atoms with Gasteiger partial charge in [-0.2, -0.15) is 0 Å². The molecule has 2 aromatic rings. The number of ether oxygens (including phenoxy) is 2. The number of methoxy groups -OCH3 is 1. The van der Waals surface area contributed by atoms with Gasteiger partial charge < -0.3 is 19.9 Å². The molecule has 2 N–H and O–H groups in total. The van der Waals surface area contributed by atoms with Crippen LogP contribution < -0.4 is 14.8 Å². The third-order valence-electron chi connectivity index (χ3n) is 3.68. The van der Waals surface area contributed by atoms with Gasteiger partial charge in [-0.15, -0.1) is 0 Å². The topological polar surface area (TPSA) is 67.8 Å². The van der Waals surface area contributed by atoms with E-state index in [2.05, 4.69) is 27.8 Å². The highest BCUT2D eigenvalue weighted by atomic mass is 79.9. The molecule has 25 heavy (non-hydrogen) atoms. The van der Waals surface area contributed by atoms with E-state index >= 15 is 0 Å². The number of halogens is 1. The molecule has 0 fully saturated rings. The maximum absolute atomic E-state index is 11.2. The smallest absolute Gasteiger partial charge is 0.336 e. The van der Waals surface area contributed by atoms with Gasteiger partial charge in [0.1, 0.15) is 6.61 Å². The number of carbonyl (C=O) groups is 1. The molecule has 0 bridgehead atoms. The van der Waals surface area contributed by atoms with E-state index in [1.807, 2.05) is 18.2 Å². The molecule has 0 amide bonds. The van der Waals surface area contributed by atoms with Crippen molar-refractivity contribution in [2.75, 3.05) is 19.0 Å². The molecule has 2 aromatic carbocycles. The fraction of sp³-hybridized carbons (Fsp3) is 0.211. The second-order valence-electron chi connectivity index (χ2n) is 5.35. The molecule has 0 saturated heterocycles. The van der Waals surface area contributed by atoms with E-state index in [9.17, 15) is 9.90 Å². The maximum atomic E-state index is 11.2. The Morgan fingerprint density at radius 3 is 2.80 bits per heavy atom. The molecule has 0 aromatic heterocycles. The molecular formula is C19H20BrNO4. The van der Waals surface area contributed by atoms with Gasteiger partial charge in [0.2, 0.25) is 0 Å². The summed E-state index contributed by atoms with van der Waals surface area (Å²) < 4.78 is 11.8. The van der Waals surface area contributed by atoms with E-state index in [-0.39, 0.29) is 5.56 Å². The summed E-state index contributed by atoms with van der Waals surface area (Å²) in [5, 5.41) is 12.5. The van der Waals surface area contributed by atoms with Gasteiger partial charge in [0.15, 0.2) is 11.5 Å². The van der Waals surface area contributed by atoms with Crippen molar-refractivity contribution in [3.8, 4) is 11.5 Å². The van der Waals surface area contributed by atoms with Crippen LogP contribution in [0.3, 0.4) is 0 Å². The molecule has 0 unspecified atom stereocenters. The molecule has 0 aliphatic heterocycles. The van der Waals surface area contributed by atoms with Crippen molar-refractivity contribution in [1.82, 2.24) is 0 Å². The van der Waals surface area contributed by atoms with E-state index < -0.39 is 5.97 Å². The molecule has 0 aliphatic rings.